The number of hydrogen-bond donors (Lipinski definition) is 1. The Morgan fingerprint density at radius 3 is 2.46 bits per heavy atom. The molecule has 0 unspecified atom stereocenters. The Balaban J connectivity index is 1.49. The van der Waals surface area contributed by atoms with Crippen molar-refractivity contribution in [1.29, 1.82) is 0 Å². The fourth-order valence-electron chi connectivity index (χ4n) is 3.63. The molecule has 1 saturated carbocycles. The SMILES string of the molecule is COc1ccc(C2CCC(CC(=O)Nc3ccc(Cl)cc3F)CC2)cc1. The predicted octanol–water partition coefficient (Wildman–Crippen LogP) is 5.79. The third-order valence-corrected chi connectivity index (χ3v) is 5.35. The highest BCUT2D eigenvalue weighted by atomic mass is 35.5. The van der Waals surface area contributed by atoms with Gasteiger partial charge in [0.1, 0.15) is 11.6 Å². The van der Waals surface area contributed by atoms with Gasteiger partial charge in [-0.3, -0.25) is 4.79 Å². The molecule has 1 fully saturated rings. The Kier molecular flexibility index (Phi) is 6.15. The summed E-state index contributed by atoms with van der Waals surface area (Å²) in [5.74, 6) is 1.11. The van der Waals surface area contributed by atoms with Crippen LogP contribution in [-0.2, 0) is 4.79 Å². The summed E-state index contributed by atoms with van der Waals surface area (Å²) in [6.07, 6.45) is 4.58. The van der Waals surface area contributed by atoms with Gasteiger partial charge in [0.25, 0.3) is 0 Å². The summed E-state index contributed by atoms with van der Waals surface area (Å²) in [5, 5.41) is 2.97. The van der Waals surface area contributed by atoms with Gasteiger partial charge in [0.15, 0.2) is 0 Å². The number of halogens is 2. The van der Waals surface area contributed by atoms with Crippen molar-refractivity contribution >= 4 is 23.2 Å². The highest BCUT2D eigenvalue weighted by Crippen LogP contribution is 2.37. The molecule has 5 heteroatoms. The molecule has 0 heterocycles. The molecule has 2 aromatic carbocycles. The molecule has 0 radical (unpaired) electrons. The van der Waals surface area contributed by atoms with Crippen molar-refractivity contribution in [1.82, 2.24) is 0 Å². The van der Waals surface area contributed by atoms with E-state index in [4.69, 9.17) is 16.3 Å². The summed E-state index contributed by atoms with van der Waals surface area (Å²) >= 11 is 5.73. The summed E-state index contributed by atoms with van der Waals surface area (Å²) in [6, 6.07) is 12.5. The van der Waals surface area contributed by atoms with E-state index in [2.05, 4.69) is 17.4 Å². The van der Waals surface area contributed by atoms with Gasteiger partial charge in [-0.1, -0.05) is 23.7 Å². The molecule has 0 aliphatic heterocycles. The molecule has 3 nitrogen and oxygen atoms in total. The normalized spacial score (nSPS) is 19.8. The van der Waals surface area contributed by atoms with Gasteiger partial charge in [-0.05, 0) is 73.4 Å². The van der Waals surface area contributed by atoms with E-state index in [0.717, 1.165) is 31.4 Å². The van der Waals surface area contributed by atoms with Crippen LogP contribution in [0.4, 0.5) is 10.1 Å². The molecule has 0 saturated heterocycles. The van der Waals surface area contributed by atoms with Crippen LogP contribution in [0.2, 0.25) is 5.02 Å². The van der Waals surface area contributed by atoms with Crippen LogP contribution in [0.15, 0.2) is 42.5 Å². The smallest absolute Gasteiger partial charge is 0.224 e. The molecule has 0 aromatic heterocycles. The lowest BCUT2D eigenvalue weighted by Crippen LogP contribution is -2.21. The summed E-state index contributed by atoms with van der Waals surface area (Å²) in [4.78, 5) is 12.2. The van der Waals surface area contributed by atoms with Crippen LogP contribution in [0.1, 0.15) is 43.6 Å². The lowest BCUT2D eigenvalue weighted by molar-refractivity contribution is -0.117. The van der Waals surface area contributed by atoms with Crippen LogP contribution < -0.4 is 10.1 Å². The van der Waals surface area contributed by atoms with E-state index in [1.54, 1.807) is 13.2 Å². The number of carbonyl (C=O) groups is 1. The Bertz CT molecular complexity index is 755. The van der Waals surface area contributed by atoms with E-state index in [0.29, 0.717) is 23.3 Å². The maximum atomic E-state index is 13.8. The number of benzene rings is 2. The van der Waals surface area contributed by atoms with E-state index < -0.39 is 5.82 Å². The molecule has 2 aromatic rings. The second-order valence-corrected chi connectivity index (χ2v) is 7.30. The molecule has 1 amide bonds. The van der Waals surface area contributed by atoms with Gasteiger partial charge in [-0.15, -0.1) is 0 Å². The van der Waals surface area contributed by atoms with Crippen LogP contribution in [0.5, 0.6) is 5.75 Å². The Hall–Kier alpha value is -2.07. The van der Waals surface area contributed by atoms with Crippen LogP contribution in [0.25, 0.3) is 0 Å². The lowest BCUT2D eigenvalue weighted by atomic mass is 9.77. The van der Waals surface area contributed by atoms with Gasteiger partial charge >= 0.3 is 0 Å². The Labute approximate surface area is 158 Å². The Morgan fingerprint density at radius 1 is 1.15 bits per heavy atom. The molecule has 138 valence electrons. The van der Waals surface area contributed by atoms with Crippen molar-refractivity contribution in [2.24, 2.45) is 5.92 Å². The number of methoxy groups -OCH3 is 1. The summed E-state index contributed by atoms with van der Waals surface area (Å²) in [7, 11) is 1.67. The van der Waals surface area contributed by atoms with E-state index >= 15 is 0 Å². The maximum Gasteiger partial charge on any atom is 0.224 e. The van der Waals surface area contributed by atoms with Crippen molar-refractivity contribution < 1.29 is 13.9 Å². The second-order valence-electron chi connectivity index (χ2n) is 6.87. The number of hydrogen-bond acceptors (Lipinski definition) is 2. The van der Waals surface area contributed by atoms with Crippen molar-refractivity contribution in [2.75, 3.05) is 12.4 Å². The number of carbonyl (C=O) groups excluding carboxylic acids is 1. The predicted molar refractivity (Wildman–Crippen MR) is 102 cm³/mol. The molecule has 0 atom stereocenters. The molecule has 1 aliphatic carbocycles. The molecule has 0 spiro atoms. The van der Waals surface area contributed by atoms with Crippen LogP contribution >= 0.6 is 11.6 Å². The molecular formula is C21H23ClFNO2. The first-order valence-electron chi connectivity index (χ1n) is 8.94. The van der Waals surface area contributed by atoms with Gasteiger partial charge in [-0.2, -0.15) is 0 Å². The molecular weight excluding hydrogens is 353 g/mol. The first kappa shape index (κ1) is 18.7. The first-order valence-corrected chi connectivity index (χ1v) is 9.32. The zero-order valence-corrected chi connectivity index (χ0v) is 15.6. The minimum atomic E-state index is -0.505. The largest absolute Gasteiger partial charge is 0.497 e. The third kappa shape index (κ3) is 4.76. The highest BCUT2D eigenvalue weighted by molar-refractivity contribution is 6.30. The zero-order valence-electron chi connectivity index (χ0n) is 14.8. The van der Waals surface area contributed by atoms with Gasteiger partial charge in [-0.25, -0.2) is 4.39 Å². The molecule has 1 aliphatic rings. The van der Waals surface area contributed by atoms with Crippen molar-refractivity contribution in [3.63, 3.8) is 0 Å². The minimum absolute atomic E-state index is 0.140. The maximum absolute atomic E-state index is 13.8. The van der Waals surface area contributed by atoms with Crippen LogP contribution in [-0.4, -0.2) is 13.0 Å². The average Bonchev–Trinajstić information content (AvgIpc) is 2.65. The molecule has 26 heavy (non-hydrogen) atoms. The zero-order chi connectivity index (χ0) is 18.5. The van der Waals surface area contributed by atoms with Gasteiger partial charge in [0.05, 0.1) is 12.8 Å². The second kappa shape index (κ2) is 8.54. The van der Waals surface area contributed by atoms with Crippen molar-refractivity contribution in [2.45, 2.75) is 38.0 Å². The molecule has 3 rings (SSSR count). The number of rotatable bonds is 5. The van der Waals surface area contributed by atoms with Crippen molar-refractivity contribution in [3.05, 3.63) is 58.9 Å². The van der Waals surface area contributed by atoms with Gasteiger partial charge < -0.3 is 10.1 Å². The number of anilines is 1. The first-order chi connectivity index (χ1) is 12.5. The fourth-order valence-corrected chi connectivity index (χ4v) is 3.79. The van der Waals surface area contributed by atoms with Crippen LogP contribution in [0, 0.1) is 11.7 Å². The number of ether oxygens (including phenoxy) is 1. The monoisotopic (exact) mass is 375 g/mol. The Morgan fingerprint density at radius 2 is 1.85 bits per heavy atom. The third-order valence-electron chi connectivity index (χ3n) is 5.11. The minimum Gasteiger partial charge on any atom is -0.497 e. The van der Waals surface area contributed by atoms with Gasteiger partial charge in [0, 0.05) is 11.4 Å². The molecule has 1 N–H and O–H groups in total. The van der Waals surface area contributed by atoms with Gasteiger partial charge in [0.2, 0.25) is 5.91 Å². The van der Waals surface area contributed by atoms with E-state index in [1.807, 2.05) is 12.1 Å². The number of amides is 1. The highest BCUT2D eigenvalue weighted by Gasteiger charge is 2.24. The standard InChI is InChI=1S/C21H23ClFNO2/c1-26-18-9-6-16(7-10-18)15-4-2-14(3-5-15)12-21(25)24-20-11-8-17(22)13-19(20)23/h6-11,13-15H,2-5,12H2,1H3,(H,24,25). The summed E-state index contributed by atoms with van der Waals surface area (Å²) in [5.41, 5.74) is 1.52. The van der Waals surface area contributed by atoms with E-state index in [-0.39, 0.29) is 11.6 Å². The van der Waals surface area contributed by atoms with E-state index in [9.17, 15) is 9.18 Å². The quantitative estimate of drug-likeness (QED) is 0.718. The number of nitrogens with one attached hydrogen (secondary N) is 1. The summed E-state index contributed by atoms with van der Waals surface area (Å²) in [6.45, 7) is 0. The topological polar surface area (TPSA) is 38.3 Å². The fraction of sp³-hybridized carbons (Fsp3) is 0.381. The van der Waals surface area contributed by atoms with Crippen molar-refractivity contribution in [3.8, 4) is 5.75 Å². The van der Waals surface area contributed by atoms with E-state index in [1.165, 1.54) is 17.7 Å². The van der Waals surface area contributed by atoms with Crippen LogP contribution in [0.3, 0.4) is 0 Å². The molecule has 0 bridgehead atoms. The lowest BCUT2D eigenvalue weighted by Gasteiger charge is -2.28. The summed E-state index contributed by atoms with van der Waals surface area (Å²) < 4.78 is 19.0. The average molecular weight is 376 g/mol.